The van der Waals surface area contributed by atoms with Crippen LogP contribution in [-0.4, -0.2) is 64.0 Å². The standard InChI is InChI=1S/C28H24N2O9/c31-23-22(29-25(32)19-8-4-5-9-20(19)26(29)33)28(36-14-16-10-12-18(13-11-16)30(34)35)38-21-15-37-27(39-24(21)23)17-6-2-1-3-7-17/h1-13,21-24,27-28,31H,14-15H2/t21-,22-,23-,24-,27?,28-/m1/s1. The Kier molecular flexibility index (Phi) is 6.67. The molecule has 3 aromatic rings. The zero-order valence-corrected chi connectivity index (χ0v) is 20.5. The van der Waals surface area contributed by atoms with E-state index in [0.717, 1.165) is 10.5 Å². The van der Waals surface area contributed by atoms with Gasteiger partial charge in [0.15, 0.2) is 12.6 Å². The van der Waals surface area contributed by atoms with Crippen molar-refractivity contribution in [1.82, 2.24) is 4.90 Å². The van der Waals surface area contributed by atoms with Crippen molar-refractivity contribution in [2.45, 2.75) is 43.5 Å². The van der Waals surface area contributed by atoms with E-state index >= 15 is 0 Å². The Bertz CT molecular complexity index is 1360. The highest BCUT2D eigenvalue weighted by Crippen LogP contribution is 2.38. The average Bonchev–Trinajstić information content (AvgIpc) is 3.22. The lowest BCUT2D eigenvalue weighted by Gasteiger charge is -2.49. The summed E-state index contributed by atoms with van der Waals surface area (Å²) in [6, 6.07) is 20.2. The minimum atomic E-state index is -1.36. The monoisotopic (exact) mass is 532 g/mol. The Morgan fingerprint density at radius 2 is 1.56 bits per heavy atom. The van der Waals surface area contributed by atoms with E-state index in [0.29, 0.717) is 5.56 Å². The lowest BCUT2D eigenvalue weighted by atomic mass is 9.94. The molecule has 11 heteroatoms. The van der Waals surface area contributed by atoms with Crippen molar-refractivity contribution in [3.63, 3.8) is 0 Å². The van der Waals surface area contributed by atoms with Crippen molar-refractivity contribution in [1.29, 1.82) is 0 Å². The minimum Gasteiger partial charge on any atom is -0.388 e. The first kappa shape index (κ1) is 25.3. The number of amides is 2. The normalized spacial score (nSPS) is 28.2. The fourth-order valence-electron chi connectivity index (χ4n) is 5.14. The number of non-ortho nitro benzene ring substituents is 1. The number of nitrogens with zero attached hydrogens (tertiary/aromatic N) is 2. The van der Waals surface area contributed by atoms with Crippen LogP contribution in [0.2, 0.25) is 0 Å². The summed E-state index contributed by atoms with van der Waals surface area (Å²) in [6.45, 7) is 0.0221. The van der Waals surface area contributed by atoms with Gasteiger partial charge in [-0.2, -0.15) is 0 Å². The molecule has 2 amide bonds. The number of aliphatic hydroxyl groups excluding tert-OH is 1. The quantitative estimate of drug-likeness (QED) is 0.288. The van der Waals surface area contributed by atoms with Crippen LogP contribution in [0.1, 0.15) is 38.1 Å². The first-order chi connectivity index (χ1) is 18.9. The molecule has 2 fully saturated rings. The second kappa shape index (κ2) is 10.3. The van der Waals surface area contributed by atoms with Gasteiger partial charge >= 0.3 is 0 Å². The van der Waals surface area contributed by atoms with Crippen LogP contribution in [0.5, 0.6) is 0 Å². The highest BCUT2D eigenvalue weighted by Gasteiger charge is 2.55. The van der Waals surface area contributed by atoms with Gasteiger partial charge in [-0.1, -0.05) is 42.5 Å². The van der Waals surface area contributed by atoms with Crippen LogP contribution >= 0.6 is 0 Å². The SMILES string of the molecule is O=C1c2ccccc2C(=O)N1[C@H]1[C@H](OCc2ccc([N+](=O)[O-])cc2)O[C@@H]2COC(c3ccccc3)O[C@H]2[C@@H]1O. The molecule has 1 N–H and O–H groups in total. The Hall–Kier alpha value is -4.00. The zero-order chi connectivity index (χ0) is 27.1. The van der Waals surface area contributed by atoms with Crippen LogP contribution in [0.4, 0.5) is 5.69 Å². The van der Waals surface area contributed by atoms with E-state index in [9.17, 15) is 24.8 Å². The predicted molar refractivity (Wildman–Crippen MR) is 133 cm³/mol. The number of carbonyl (C=O) groups is 2. The summed E-state index contributed by atoms with van der Waals surface area (Å²) in [7, 11) is 0. The van der Waals surface area contributed by atoms with E-state index in [1.165, 1.54) is 24.3 Å². The maximum atomic E-state index is 13.4. The topological polar surface area (TPSA) is 138 Å². The second-order valence-electron chi connectivity index (χ2n) is 9.46. The molecule has 2 saturated heterocycles. The smallest absolute Gasteiger partial charge is 0.269 e. The van der Waals surface area contributed by atoms with Crippen molar-refractivity contribution in [2.75, 3.05) is 6.61 Å². The number of hydrogen-bond donors (Lipinski definition) is 1. The summed E-state index contributed by atoms with van der Waals surface area (Å²) in [5.74, 6) is -1.14. The van der Waals surface area contributed by atoms with Crippen molar-refractivity contribution >= 4 is 17.5 Å². The summed E-state index contributed by atoms with van der Waals surface area (Å²) in [5.41, 5.74) is 1.72. The molecule has 1 unspecified atom stereocenters. The Morgan fingerprint density at radius 1 is 0.923 bits per heavy atom. The Morgan fingerprint density at radius 3 is 2.21 bits per heavy atom. The van der Waals surface area contributed by atoms with E-state index in [4.69, 9.17) is 18.9 Å². The molecule has 0 radical (unpaired) electrons. The first-order valence-electron chi connectivity index (χ1n) is 12.4. The molecule has 6 rings (SSSR count). The van der Waals surface area contributed by atoms with Gasteiger partial charge < -0.3 is 24.1 Å². The summed E-state index contributed by atoms with van der Waals surface area (Å²) in [6.07, 6.45) is -5.01. The molecule has 0 saturated carbocycles. The van der Waals surface area contributed by atoms with Crippen LogP contribution < -0.4 is 0 Å². The van der Waals surface area contributed by atoms with Crippen LogP contribution in [0.3, 0.4) is 0 Å². The van der Waals surface area contributed by atoms with Gasteiger partial charge in [0, 0.05) is 17.7 Å². The number of imide groups is 1. The molecule has 3 aliphatic heterocycles. The van der Waals surface area contributed by atoms with Gasteiger partial charge in [-0.25, -0.2) is 0 Å². The van der Waals surface area contributed by atoms with Crippen LogP contribution in [0, 0.1) is 10.1 Å². The number of nitro benzene ring substituents is 1. The van der Waals surface area contributed by atoms with Gasteiger partial charge in [0.25, 0.3) is 17.5 Å². The van der Waals surface area contributed by atoms with Crippen molar-refractivity contribution in [3.8, 4) is 0 Å². The number of fused-ring (bicyclic) bond motifs is 2. The largest absolute Gasteiger partial charge is 0.388 e. The second-order valence-corrected chi connectivity index (χ2v) is 9.46. The van der Waals surface area contributed by atoms with E-state index in [-0.39, 0.29) is 30.0 Å². The van der Waals surface area contributed by atoms with E-state index in [2.05, 4.69) is 0 Å². The van der Waals surface area contributed by atoms with Crippen LogP contribution in [0.25, 0.3) is 0 Å². The molecule has 0 bridgehead atoms. The van der Waals surface area contributed by atoms with Crippen LogP contribution in [0.15, 0.2) is 78.9 Å². The fraction of sp³-hybridized carbons (Fsp3) is 0.286. The molecule has 0 spiro atoms. The van der Waals surface area contributed by atoms with E-state index in [1.54, 1.807) is 24.3 Å². The molecule has 6 atom stereocenters. The fourth-order valence-corrected chi connectivity index (χ4v) is 5.14. The summed E-state index contributed by atoms with van der Waals surface area (Å²) >= 11 is 0. The highest BCUT2D eigenvalue weighted by molar-refractivity contribution is 6.21. The third-order valence-corrected chi connectivity index (χ3v) is 7.09. The van der Waals surface area contributed by atoms with Crippen molar-refractivity contribution in [3.05, 3.63) is 111 Å². The van der Waals surface area contributed by atoms with Crippen molar-refractivity contribution in [2.24, 2.45) is 0 Å². The average molecular weight is 533 g/mol. The summed E-state index contributed by atoms with van der Waals surface area (Å²) in [4.78, 5) is 38.2. The molecule has 39 heavy (non-hydrogen) atoms. The molecule has 0 aromatic heterocycles. The molecule has 3 aromatic carbocycles. The van der Waals surface area contributed by atoms with Gasteiger partial charge in [-0.15, -0.1) is 0 Å². The van der Waals surface area contributed by atoms with E-state index in [1.807, 2.05) is 30.3 Å². The number of carbonyl (C=O) groups excluding carboxylic acids is 2. The molecule has 11 nitrogen and oxygen atoms in total. The number of benzene rings is 3. The maximum absolute atomic E-state index is 13.4. The summed E-state index contributed by atoms with van der Waals surface area (Å²) in [5, 5.41) is 22.6. The van der Waals surface area contributed by atoms with Gasteiger partial charge in [0.2, 0.25) is 0 Å². The molecule has 0 aliphatic carbocycles. The minimum absolute atomic E-state index is 0.0548. The lowest BCUT2D eigenvalue weighted by Crippen LogP contribution is -2.67. The molecule has 200 valence electrons. The predicted octanol–water partition coefficient (Wildman–Crippen LogP) is 2.98. The molecule has 3 aliphatic rings. The zero-order valence-electron chi connectivity index (χ0n) is 20.5. The highest BCUT2D eigenvalue weighted by atomic mass is 16.7. The third-order valence-electron chi connectivity index (χ3n) is 7.09. The number of ether oxygens (including phenoxy) is 4. The summed E-state index contributed by atoms with van der Waals surface area (Å²) < 4.78 is 24.1. The Balaban J connectivity index is 1.28. The molecule has 3 heterocycles. The van der Waals surface area contributed by atoms with Gasteiger partial charge in [-0.05, 0) is 29.8 Å². The first-order valence-corrected chi connectivity index (χ1v) is 12.4. The maximum Gasteiger partial charge on any atom is 0.269 e. The van der Waals surface area contributed by atoms with Crippen LogP contribution in [-0.2, 0) is 25.6 Å². The van der Waals surface area contributed by atoms with E-state index < -0.39 is 53.7 Å². The molecular formula is C28H24N2O9. The Labute approximate surface area is 222 Å². The van der Waals surface area contributed by atoms with Crippen molar-refractivity contribution < 1.29 is 38.6 Å². The number of hydrogen-bond acceptors (Lipinski definition) is 9. The van der Waals surface area contributed by atoms with Gasteiger partial charge in [0.05, 0.1) is 29.3 Å². The van der Waals surface area contributed by atoms with Gasteiger partial charge in [-0.3, -0.25) is 24.6 Å². The number of rotatable bonds is 6. The number of nitro groups is 1. The van der Waals surface area contributed by atoms with Gasteiger partial charge in [0.1, 0.15) is 24.4 Å². The lowest BCUT2D eigenvalue weighted by molar-refractivity contribution is -0.384. The number of aliphatic hydroxyl groups is 1. The third kappa shape index (κ3) is 4.60. The molecular weight excluding hydrogens is 508 g/mol.